The van der Waals surface area contributed by atoms with Gasteiger partial charge in [-0.15, -0.1) is 11.8 Å². The molecule has 0 bridgehead atoms. The zero-order chi connectivity index (χ0) is 23.0. The molecule has 0 heterocycles. The monoisotopic (exact) mass is 480 g/mol. The third kappa shape index (κ3) is 8.06. The summed E-state index contributed by atoms with van der Waals surface area (Å²) in [6, 6.07) is 12.9. The first-order valence-corrected chi connectivity index (χ1v) is 12.2. The molecule has 0 fully saturated rings. The van der Waals surface area contributed by atoms with Gasteiger partial charge in [-0.25, -0.2) is 0 Å². The minimum atomic E-state index is -0.564. The number of nitrogens with one attached hydrogen (secondary N) is 1. The van der Waals surface area contributed by atoms with Gasteiger partial charge in [0, 0.05) is 39.7 Å². The molecular formula is C24H30Cl2N2O2S. The van der Waals surface area contributed by atoms with Gasteiger partial charge in [0.15, 0.2) is 0 Å². The van der Waals surface area contributed by atoms with Crippen molar-refractivity contribution in [1.29, 1.82) is 0 Å². The van der Waals surface area contributed by atoms with Crippen LogP contribution in [0.1, 0.15) is 44.7 Å². The Morgan fingerprint density at radius 2 is 1.77 bits per heavy atom. The molecule has 2 amide bonds. The zero-order valence-electron chi connectivity index (χ0n) is 18.5. The summed E-state index contributed by atoms with van der Waals surface area (Å²) in [7, 11) is 0. The molecule has 1 N–H and O–H groups in total. The van der Waals surface area contributed by atoms with E-state index in [2.05, 4.69) is 29.6 Å². The van der Waals surface area contributed by atoms with Gasteiger partial charge >= 0.3 is 0 Å². The number of hydrogen-bond donors (Lipinski definition) is 1. The largest absolute Gasteiger partial charge is 0.352 e. The Hall–Kier alpha value is -1.69. The maximum atomic E-state index is 13.2. The first kappa shape index (κ1) is 25.6. The van der Waals surface area contributed by atoms with Gasteiger partial charge in [0.25, 0.3) is 0 Å². The highest BCUT2D eigenvalue weighted by Gasteiger charge is 2.29. The standard InChI is InChI=1S/C24H30Cl2N2O2S/c1-5-22(24(30)27-16(2)3)28(15-18-8-9-19(25)14-21(18)26)23(29)12-13-31-20-10-6-17(4)7-11-20/h6-11,14,16,22H,5,12-13,15H2,1-4H3,(H,27,30). The van der Waals surface area contributed by atoms with Gasteiger partial charge in [-0.3, -0.25) is 9.59 Å². The number of halogens is 2. The highest BCUT2D eigenvalue weighted by molar-refractivity contribution is 7.99. The van der Waals surface area contributed by atoms with Crippen molar-refractivity contribution in [3.8, 4) is 0 Å². The van der Waals surface area contributed by atoms with Crippen molar-refractivity contribution < 1.29 is 9.59 Å². The average molecular weight is 481 g/mol. The Labute approximate surface area is 199 Å². The quantitative estimate of drug-likeness (QED) is 0.416. The Morgan fingerprint density at radius 3 is 2.35 bits per heavy atom. The highest BCUT2D eigenvalue weighted by atomic mass is 35.5. The smallest absolute Gasteiger partial charge is 0.243 e. The SMILES string of the molecule is CCC(C(=O)NC(C)C)N(Cc1ccc(Cl)cc1Cl)C(=O)CCSc1ccc(C)cc1. The maximum absolute atomic E-state index is 13.2. The number of thioether (sulfide) groups is 1. The minimum Gasteiger partial charge on any atom is -0.352 e. The van der Waals surface area contributed by atoms with Gasteiger partial charge in [0.05, 0.1) is 0 Å². The van der Waals surface area contributed by atoms with Crippen LogP contribution >= 0.6 is 35.0 Å². The summed E-state index contributed by atoms with van der Waals surface area (Å²) in [6.45, 7) is 8.03. The molecule has 0 aliphatic heterocycles. The molecule has 2 aromatic carbocycles. The number of rotatable bonds is 10. The summed E-state index contributed by atoms with van der Waals surface area (Å²) >= 11 is 14.0. The predicted molar refractivity (Wildman–Crippen MR) is 131 cm³/mol. The number of hydrogen-bond acceptors (Lipinski definition) is 3. The third-order valence-electron chi connectivity index (χ3n) is 4.78. The van der Waals surface area contributed by atoms with E-state index in [1.54, 1.807) is 34.9 Å². The molecule has 2 aromatic rings. The molecule has 4 nitrogen and oxygen atoms in total. The molecule has 168 valence electrons. The number of amides is 2. The van der Waals surface area contributed by atoms with Crippen LogP contribution in [-0.2, 0) is 16.1 Å². The highest BCUT2D eigenvalue weighted by Crippen LogP contribution is 2.25. The normalized spacial score (nSPS) is 12.0. The van der Waals surface area contributed by atoms with Gasteiger partial charge in [0.2, 0.25) is 11.8 Å². The summed E-state index contributed by atoms with van der Waals surface area (Å²) in [5.74, 6) is 0.410. The lowest BCUT2D eigenvalue weighted by molar-refractivity contribution is -0.141. The number of carbonyl (C=O) groups is 2. The molecule has 0 saturated heterocycles. The molecule has 0 aromatic heterocycles. The van der Waals surface area contributed by atoms with Crippen LogP contribution in [0.2, 0.25) is 10.0 Å². The van der Waals surface area contributed by atoms with Crippen molar-refractivity contribution in [3.05, 3.63) is 63.6 Å². The topological polar surface area (TPSA) is 49.4 Å². The minimum absolute atomic E-state index is 0.00489. The van der Waals surface area contributed by atoms with Crippen LogP contribution in [0.3, 0.4) is 0 Å². The molecule has 1 unspecified atom stereocenters. The molecule has 31 heavy (non-hydrogen) atoms. The molecule has 1 atom stereocenters. The van der Waals surface area contributed by atoms with Crippen molar-refractivity contribution in [2.24, 2.45) is 0 Å². The van der Waals surface area contributed by atoms with E-state index in [1.807, 2.05) is 27.7 Å². The number of carbonyl (C=O) groups excluding carboxylic acids is 2. The van der Waals surface area contributed by atoms with E-state index in [4.69, 9.17) is 23.2 Å². The van der Waals surface area contributed by atoms with E-state index in [0.717, 1.165) is 10.5 Å². The zero-order valence-corrected chi connectivity index (χ0v) is 20.8. The molecule has 0 aliphatic carbocycles. The molecule has 0 saturated carbocycles. The lowest BCUT2D eigenvalue weighted by Crippen LogP contribution is -2.50. The molecule has 0 spiro atoms. The Balaban J connectivity index is 2.16. The van der Waals surface area contributed by atoms with Crippen LogP contribution in [0.5, 0.6) is 0 Å². The average Bonchev–Trinajstić information content (AvgIpc) is 2.70. The van der Waals surface area contributed by atoms with E-state index in [-0.39, 0.29) is 24.4 Å². The number of aryl methyl sites for hydroxylation is 1. The number of nitrogens with zero attached hydrogens (tertiary/aromatic N) is 1. The summed E-state index contributed by atoms with van der Waals surface area (Å²) in [6.07, 6.45) is 0.843. The lowest BCUT2D eigenvalue weighted by atomic mass is 10.1. The van der Waals surface area contributed by atoms with Gasteiger partial charge in [-0.05, 0) is 57.0 Å². The first-order chi connectivity index (χ1) is 14.7. The van der Waals surface area contributed by atoms with Crippen molar-refractivity contribution in [2.75, 3.05) is 5.75 Å². The lowest BCUT2D eigenvalue weighted by Gasteiger charge is -2.31. The summed E-state index contributed by atoms with van der Waals surface area (Å²) in [4.78, 5) is 28.8. The third-order valence-corrected chi connectivity index (χ3v) is 6.38. The van der Waals surface area contributed by atoms with Crippen molar-refractivity contribution in [2.45, 2.75) is 64.1 Å². The summed E-state index contributed by atoms with van der Waals surface area (Å²) in [5.41, 5.74) is 1.97. The second-order valence-electron chi connectivity index (χ2n) is 7.76. The van der Waals surface area contributed by atoms with Crippen molar-refractivity contribution in [3.63, 3.8) is 0 Å². The van der Waals surface area contributed by atoms with E-state index in [9.17, 15) is 9.59 Å². The maximum Gasteiger partial charge on any atom is 0.243 e. The molecule has 0 radical (unpaired) electrons. The van der Waals surface area contributed by atoms with Gasteiger partial charge < -0.3 is 10.2 Å². The van der Waals surface area contributed by atoms with Crippen LogP contribution in [0, 0.1) is 6.92 Å². The van der Waals surface area contributed by atoms with E-state index in [1.165, 1.54) is 5.56 Å². The molecular weight excluding hydrogens is 451 g/mol. The van der Waals surface area contributed by atoms with Crippen LogP contribution in [-0.4, -0.2) is 34.6 Å². The predicted octanol–water partition coefficient (Wildman–Crippen LogP) is 6.12. The van der Waals surface area contributed by atoms with Crippen molar-refractivity contribution >= 4 is 46.8 Å². The molecule has 7 heteroatoms. The van der Waals surface area contributed by atoms with E-state index < -0.39 is 6.04 Å². The second-order valence-corrected chi connectivity index (χ2v) is 9.77. The van der Waals surface area contributed by atoms with Gasteiger partial charge in [0.1, 0.15) is 6.04 Å². The fourth-order valence-electron chi connectivity index (χ4n) is 3.17. The second kappa shape index (κ2) is 12.4. The number of benzene rings is 2. The van der Waals surface area contributed by atoms with Gasteiger partial charge in [-0.1, -0.05) is 53.9 Å². The fourth-order valence-corrected chi connectivity index (χ4v) is 4.48. The Kier molecular flexibility index (Phi) is 10.2. The first-order valence-electron chi connectivity index (χ1n) is 10.4. The van der Waals surface area contributed by atoms with E-state index in [0.29, 0.717) is 28.6 Å². The fraction of sp³-hybridized carbons (Fsp3) is 0.417. The Morgan fingerprint density at radius 1 is 1.10 bits per heavy atom. The summed E-state index contributed by atoms with van der Waals surface area (Å²) < 4.78 is 0. The van der Waals surface area contributed by atoms with Crippen LogP contribution < -0.4 is 5.32 Å². The van der Waals surface area contributed by atoms with E-state index >= 15 is 0 Å². The Bertz CT molecular complexity index is 888. The summed E-state index contributed by atoms with van der Waals surface area (Å²) in [5, 5.41) is 3.95. The van der Waals surface area contributed by atoms with Crippen LogP contribution in [0.15, 0.2) is 47.4 Å². The van der Waals surface area contributed by atoms with Crippen LogP contribution in [0.25, 0.3) is 0 Å². The molecule has 2 rings (SSSR count). The van der Waals surface area contributed by atoms with Crippen LogP contribution in [0.4, 0.5) is 0 Å². The molecule has 0 aliphatic rings. The van der Waals surface area contributed by atoms with Gasteiger partial charge in [-0.2, -0.15) is 0 Å². The van der Waals surface area contributed by atoms with Crippen molar-refractivity contribution in [1.82, 2.24) is 10.2 Å².